The molecule has 0 radical (unpaired) electrons. The zero-order valence-electron chi connectivity index (χ0n) is 12.5. The summed E-state index contributed by atoms with van der Waals surface area (Å²) < 4.78 is 5.54. The Hall–Kier alpha value is -2.01. The number of aromatic nitrogens is 1. The highest BCUT2D eigenvalue weighted by molar-refractivity contribution is 6.33. The fraction of sp³-hybridized carbons (Fsp3) is 0.375. The molecule has 0 saturated carbocycles. The third-order valence-corrected chi connectivity index (χ3v) is 4.17. The molecule has 5 nitrogen and oxygen atoms in total. The molecule has 6 heteroatoms. The summed E-state index contributed by atoms with van der Waals surface area (Å²) in [5.41, 5.74) is 0.968. The van der Waals surface area contributed by atoms with Crippen LogP contribution >= 0.6 is 11.6 Å². The van der Waals surface area contributed by atoms with Crippen molar-refractivity contribution in [1.82, 2.24) is 9.88 Å². The summed E-state index contributed by atoms with van der Waals surface area (Å²) in [6.45, 7) is 4.80. The molecule has 1 amide bonds. The Morgan fingerprint density at radius 3 is 2.68 bits per heavy atom. The van der Waals surface area contributed by atoms with Crippen molar-refractivity contribution in [2.24, 2.45) is 0 Å². The normalized spacial score (nSPS) is 15.2. The minimum atomic E-state index is -0.0415. The first-order valence-electron chi connectivity index (χ1n) is 7.41. The molecule has 0 atom stereocenters. The second kappa shape index (κ2) is 6.40. The van der Waals surface area contributed by atoms with Gasteiger partial charge >= 0.3 is 0 Å². The van der Waals surface area contributed by atoms with Crippen LogP contribution in [0.3, 0.4) is 0 Å². The van der Waals surface area contributed by atoms with Crippen LogP contribution in [0.5, 0.6) is 0 Å². The number of halogens is 1. The lowest BCUT2D eigenvalue weighted by molar-refractivity contribution is 0.0713. The molecule has 1 aliphatic rings. The molecular formula is C16H18ClN3O2. The van der Waals surface area contributed by atoms with E-state index >= 15 is 0 Å². The quantitative estimate of drug-likeness (QED) is 0.873. The summed E-state index contributed by atoms with van der Waals surface area (Å²) in [5, 5.41) is 0.640. The zero-order chi connectivity index (χ0) is 15.5. The second-order valence-corrected chi connectivity index (χ2v) is 5.63. The van der Waals surface area contributed by atoms with E-state index in [-0.39, 0.29) is 5.91 Å². The van der Waals surface area contributed by atoms with Crippen molar-refractivity contribution in [2.75, 3.05) is 31.1 Å². The average molecular weight is 320 g/mol. The molecular weight excluding hydrogens is 302 g/mol. The standard InChI is InChI=1S/C16H18ClN3O2/c1-2-12-3-4-15(22-12)16(21)20-9-7-19(8-10-20)14-5-6-18-11-13(14)17/h3-6,11H,2,7-10H2,1H3. The molecule has 1 saturated heterocycles. The highest BCUT2D eigenvalue weighted by Gasteiger charge is 2.25. The van der Waals surface area contributed by atoms with Crippen LogP contribution in [0.25, 0.3) is 0 Å². The lowest BCUT2D eigenvalue weighted by atomic mass is 10.2. The SMILES string of the molecule is CCc1ccc(C(=O)N2CCN(c3ccncc3Cl)CC2)o1. The second-order valence-electron chi connectivity index (χ2n) is 5.23. The van der Waals surface area contributed by atoms with Crippen LogP contribution in [0.1, 0.15) is 23.2 Å². The summed E-state index contributed by atoms with van der Waals surface area (Å²) in [4.78, 5) is 20.4. The van der Waals surface area contributed by atoms with Gasteiger partial charge in [0, 0.05) is 45.0 Å². The van der Waals surface area contributed by atoms with Crippen molar-refractivity contribution in [3.63, 3.8) is 0 Å². The number of piperazine rings is 1. The number of amides is 1. The van der Waals surface area contributed by atoms with E-state index in [2.05, 4.69) is 9.88 Å². The van der Waals surface area contributed by atoms with Gasteiger partial charge in [0.05, 0.1) is 10.7 Å². The van der Waals surface area contributed by atoms with Gasteiger partial charge in [0.25, 0.3) is 5.91 Å². The van der Waals surface area contributed by atoms with Crippen LogP contribution in [0, 0.1) is 0 Å². The van der Waals surface area contributed by atoms with E-state index in [1.807, 2.05) is 24.0 Å². The lowest BCUT2D eigenvalue weighted by Crippen LogP contribution is -2.48. The van der Waals surface area contributed by atoms with E-state index in [1.165, 1.54) is 0 Å². The maximum Gasteiger partial charge on any atom is 0.289 e. The van der Waals surface area contributed by atoms with E-state index in [0.29, 0.717) is 23.9 Å². The highest BCUT2D eigenvalue weighted by atomic mass is 35.5. The van der Waals surface area contributed by atoms with Crippen LogP contribution in [-0.2, 0) is 6.42 Å². The number of carbonyl (C=O) groups excluding carboxylic acids is 1. The Morgan fingerprint density at radius 1 is 1.27 bits per heavy atom. The molecule has 1 fully saturated rings. The summed E-state index contributed by atoms with van der Waals surface area (Å²) in [5.74, 6) is 1.22. The molecule has 2 aromatic heterocycles. The third-order valence-electron chi connectivity index (χ3n) is 3.88. The van der Waals surface area contributed by atoms with Crippen LogP contribution in [-0.4, -0.2) is 42.0 Å². The van der Waals surface area contributed by atoms with E-state index in [9.17, 15) is 4.79 Å². The average Bonchev–Trinajstić information content (AvgIpc) is 3.04. The first-order valence-corrected chi connectivity index (χ1v) is 7.79. The van der Waals surface area contributed by atoms with Gasteiger partial charge in [0.2, 0.25) is 0 Å². The maximum atomic E-state index is 12.4. The number of furan rings is 1. The molecule has 22 heavy (non-hydrogen) atoms. The highest BCUT2D eigenvalue weighted by Crippen LogP contribution is 2.25. The van der Waals surface area contributed by atoms with Crippen LogP contribution in [0.15, 0.2) is 35.0 Å². The Bertz CT molecular complexity index is 663. The zero-order valence-corrected chi connectivity index (χ0v) is 13.2. The Balaban J connectivity index is 1.64. The molecule has 3 rings (SSSR count). The van der Waals surface area contributed by atoms with Crippen molar-refractivity contribution < 1.29 is 9.21 Å². The molecule has 116 valence electrons. The molecule has 0 spiro atoms. The summed E-state index contributed by atoms with van der Waals surface area (Å²) >= 11 is 6.17. The summed E-state index contributed by atoms with van der Waals surface area (Å²) in [7, 11) is 0. The van der Waals surface area contributed by atoms with Gasteiger partial charge in [-0.3, -0.25) is 9.78 Å². The van der Waals surface area contributed by atoms with Crippen molar-refractivity contribution in [3.05, 3.63) is 47.1 Å². The monoisotopic (exact) mass is 319 g/mol. The largest absolute Gasteiger partial charge is 0.456 e. The summed E-state index contributed by atoms with van der Waals surface area (Å²) in [6, 6.07) is 5.52. The lowest BCUT2D eigenvalue weighted by Gasteiger charge is -2.36. The first-order chi connectivity index (χ1) is 10.7. The number of carbonyl (C=O) groups is 1. The minimum absolute atomic E-state index is 0.0415. The Labute approximate surface area is 134 Å². The molecule has 2 aromatic rings. The first kappa shape index (κ1) is 14.9. The van der Waals surface area contributed by atoms with Crippen LogP contribution in [0.2, 0.25) is 5.02 Å². The van der Waals surface area contributed by atoms with Crippen molar-refractivity contribution in [3.8, 4) is 0 Å². The van der Waals surface area contributed by atoms with Gasteiger partial charge in [-0.15, -0.1) is 0 Å². The van der Waals surface area contributed by atoms with Crippen molar-refractivity contribution in [1.29, 1.82) is 0 Å². The van der Waals surface area contributed by atoms with Gasteiger partial charge in [-0.2, -0.15) is 0 Å². The van der Waals surface area contributed by atoms with Gasteiger partial charge in [0.15, 0.2) is 5.76 Å². The smallest absolute Gasteiger partial charge is 0.289 e. The molecule has 0 bridgehead atoms. The Morgan fingerprint density at radius 2 is 2.05 bits per heavy atom. The third kappa shape index (κ3) is 2.95. The van der Waals surface area contributed by atoms with Crippen molar-refractivity contribution >= 4 is 23.2 Å². The molecule has 0 N–H and O–H groups in total. The van der Waals surface area contributed by atoms with Gasteiger partial charge in [-0.25, -0.2) is 0 Å². The number of nitrogens with zero attached hydrogens (tertiary/aromatic N) is 3. The minimum Gasteiger partial charge on any atom is -0.456 e. The molecule has 0 aromatic carbocycles. The van der Waals surface area contributed by atoms with Gasteiger partial charge in [0.1, 0.15) is 5.76 Å². The number of anilines is 1. The van der Waals surface area contributed by atoms with Gasteiger partial charge in [-0.05, 0) is 18.2 Å². The van der Waals surface area contributed by atoms with Gasteiger partial charge < -0.3 is 14.2 Å². The molecule has 0 unspecified atom stereocenters. The predicted molar refractivity (Wildman–Crippen MR) is 85.4 cm³/mol. The van der Waals surface area contributed by atoms with Crippen LogP contribution in [0.4, 0.5) is 5.69 Å². The number of hydrogen-bond acceptors (Lipinski definition) is 4. The number of aryl methyl sites for hydroxylation is 1. The van der Waals surface area contributed by atoms with Crippen molar-refractivity contribution in [2.45, 2.75) is 13.3 Å². The molecule has 1 aliphatic heterocycles. The summed E-state index contributed by atoms with van der Waals surface area (Å²) in [6.07, 6.45) is 4.17. The maximum absolute atomic E-state index is 12.4. The fourth-order valence-electron chi connectivity index (χ4n) is 2.61. The van der Waals surface area contributed by atoms with Crippen LogP contribution < -0.4 is 4.90 Å². The number of pyridine rings is 1. The van der Waals surface area contributed by atoms with E-state index in [0.717, 1.165) is 31.0 Å². The van der Waals surface area contributed by atoms with E-state index in [1.54, 1.807) is 18.5 Å². The molecule has 0 aliphatic carbocycles. The number of rotatable bonds is 3. The van der Waals surface area contributed by atoms with Gasteiger partial charge in [-0.1, -0.05) is 18.5 Å². The fourth-order valence-corrected chi connectivity index (χ4v) is 2.85. The topological polar surface area (TPSA) is 49.6 Å². The van der Waals surface area contributed by atoms with E-state index < -0.39 is 0 Å². The Kier molecular flexibility index (Phi) is 4.34. The van der Waals surface area contributed by atoms with E-state index in [4.69, 9.17) is 16.0 Å². The number of hydrogen-bond donors (Lipinski definition) is 0. The predicted octanol–water partition coefficient (Wildman–Crippen LogP) is 2.85. The molecule has 3 heterocycles.